The van der Waals surface area contributed by atoms with Crippen LogP contribution in [0, 0.1) is 0 Å². The van der Waals surface area contributed by atoms with Crippen LogP contribution < -0.4 is 11.1 Å². The highest BCUT2D eigenvalue weighted by atomic mass is 28.4. The van der Waals surface area contributed by atoms with E-state index >= 15 is 0 Å². The van der Waals surface area contributed by atoms with Gasteiger partial charge in [-0.2, -0.15) is 0 Å². The Morgan fingerprint density at radius 2 is 1.47 bits per heavy atom. The SMILES string of the molecule is CO[Si](CCNCCCCCCN)(OC)OC. The van der Waals surface area contributed by atoms with Gasteiger partial charge in [-0.3, -0.25) is 0 Å². The molecule has 0 bridgehead atoms. The topological polar surface area (TPSA) is 65.7 Å². The van der Waals surface area contributed by atoms with Crippen LogP contribution in [0.3, 0.4) is 0 Å². The van der Waals surface area contributed by atoms with Crippen LogP contribution in [-0.2, 0) is 13.3 Å². The van der Waals surface area contributed by atoms with Crippen molar-refractivity contribution in [2.45, 2.75) is 31.7 Å². The molecule has 0 saturated carbocycles. The molecule has 3 N–H and O–H groups in total. The van der Waals surface area contributed by atoms with Gasteiger partial charge in [-0.25, -0.2) is 0 Å². The van der Waals surface area contributed by atoms with E-state index in [0.717, 1.165) is 32.1 Å². The molecule has 0 rings (SSSR count). The zero-order valence-electron chi connectivity index (χ0n) is 11.5. The van der Waals surface area contributed by atoms with Crippen LogP contribution in [0.15, 0.2) is 0 Å². The summed E-state index contributed by atoms with van der Waals surface area (Å²) in [5.41, 5.74) is 5.43. The van der Waals surface area contributed by atoms with E-state index in [4.69, 9.17) is 19.0 Å². The standard InChI is InChI=1S/C11H28N2O3Si/c1-14-17(15-2,16-3)11-10-13-9-7-5-4-6-8-12/h13H,4-12H2,1-3H3. The van der Waals surface area contributed by atoms with Gasteiger partial charge in [-0.15, -0.1) is 0 Å². The largest absolute Gasteiger partial charge is 0.501 e. The van der Waals surface area contributed by atoms with E-state index in [1.54, 1.807) is 21.3 Å². The van der Waals surface area contributed by atoms with Crippen molar-refractivity contribution >= 4 is 8.80 Å². The van der Waals surface area contributed by atoms with Gasteiger partial charge in [0, 0.05) is 27.4 Å². The second-order valence-electron chi connectivity index (χ2n) is 4.00. The lowest BCUT2D eigenvalue weighted by molar-refractivity contribution is 0.123. The molecule has 0 aliphatic heterocycles. The fourth-order valence-corrected chi connectivity index (χ4v) is 3.27. The Balaban J connectivity index is 3.43. The summed E-state index contributed by atoms with van der Waals surface area (Å²) in [5.74, 6) is 0. The van der Waals surface area contributed by atoms with Crippen molar-refractivity contribution in [3.05, 3.63) is 0 Å². The minimum Gasteiger partial charge on any atom is -0.377 e. The molecule has 0 aromatic heterocycles. The monoisotopic (exact) mass is 264 g/mol. The second kappa shape index (κ2) is 11.1. The van der Waals surface area contributed by atoms with Crippen LogP contribution in [0.1, 0.15) is 25.7 Å². The van der Waals surface area contributed by atoms with Gasteiger partial charge < -0.3 is 24.3 Å². The molecule has 0 aliphatic rings. The predicted octanol–water partition coefficient (Wildman–Crippen LogP) is 0.973. The van der Waals surface area contributed by atoms with Crippen LogP contribution >= 0.6 is 0 Å². The van der Waals surface area contributed by atoms with Crippen molar-refractivity contribution in [1.82, 2.24) is 5.32 Å². The van der Waals surface area contributed by atoms with Crippen LogP contribution in [0.4, 0.5) is 0 Å². The molecule has 0 spiro atoms. The van der Waals surface area contributed by atoms with Gasteiger partial charge in [0.05, 0.1) is 0 Å². The summed E-state index contributed by atoms with van der Waals surface area (Å²) in [4.78, 5) is 0. The first kappa shape index (κ1) is 17.0. The molecule has 5 nitrogen and oxygen atoms in total. The third-order valence-corrected chi connectivity index (χ3v) is 5.58. The number of rotatable bonds is 12. The predicted molar refractivity (Wildman–Crippen MR) is 72.0 cm³/mol. The van der Waals surface area contributed by atoms with Gasteiger partial charge in [-0.1, -0.05) is 12.8 Å². The number of unbranched alkanes of at least 4 members (excludes halogenated alkanes) is 3. The lowest BCUT2D eigenvalue weighted by Crippen LogP contribution is -2.45. The molecular weight excluding hydrogens is 236 g/mol. The molecule has 6 heteroatoms. The smallest absolute Gasteiger partial charge is 0.377 e. The highest BCUT2D eigenvalue weighted by molar-refractivity contribution is 6.60. The van der Waals surface area contributed by atoms with E-state index in [2.05, 4.69) is 5.32 Å². The summed E-state index contributed by atoms with van der Waals surface area (Å²) in [7, 11) is 2.56. The number of hydrogen-bond donors (Lipinski definition) is 2. The van der Waals surface area contributed by atoms with E-state index in [1.807, 2.05) is 0 Å². The fourth-order valence-electron chi connectivity index (χ4n) is 1.67. The minimum atomic E-state index is -2.38. The van der Waals surface area contributed by atoms with Gasteiger partial charge in [0.1, 0.15) is 0 Å². The Morgan fingerprint density at radius 3 is 2.00 bits per heavy atom. The highest BCUT2D eigenvalue weighted by Crippen LogP contribution is 2.11. The lowest BCUT2D eigenvalue weighted by Gasteiger charge is -2.24. The van der Waals surface area contributed by atoms with Crippen molar-refractivity contribution in [1.29, 1.82) is 0 Å². The van der Waals surface area contributed by atoms with E-state index in [-0.39, 0.29) is 0 Å². The molecule has 0 atom stereocenters. The van der Waals surface area contributed by atoms with Crippen LogP contribution in [0.5, 0.6) is 0 Å². The molecule has 17 heavy (non-hydrogen) atoms. The van der Waals surface area contributed by atoms with Crippen molar-refractivity contribution in [3.8, 4) is 0 Å². The minimum absolute atomic E-state index is 0.803. The van der Waals surface area contributed by atoms with Gasteiger partial charge in [0.15, 0.2) is 0 Å². The maximum Gasteiger partial charge on any atom is 0.501 e. The van der Waals surface area contributed by atoms with Crippen molar-refractivity contribution in [3.63, 3.8) is 0 Å². The zero-order chi connectivity index (χ0) is 13.0. The van der Waals surface area contributed by atoms with Gasteiger partial charge in [0.25, 0.3) is 0 Å². The maximum atomic E-state index is 5.43. The number of hydrogen-bond acceptors (Lipinski definition) is 5. The Bertz CT molecular complexity index is 161. The fraction of sp³-hybridized carbons (Fsp3) is 1.00. The Labute approximate surface area is 106 Å². The molecule has 0 heterocycles. The van der Waals surface area contributed by atoms with Crippen molar-refractivity contribution in [2.24, 2.45) is 5.73 Å². The zero-order valence-corrected chi connectivity index (χ0v) is 12.5. The summed E-state index contributed by atoms with van der Waals surface area (Å²) in [6, 6.07) is 0.805. The average Bonchev–Trinajstić information content (AvgIpc) is 2.38. The maximum absolute atomic E-state index is 5.43. The molecule has 0 fully saturated rings. The first-order valence-corrected chi connectivity index (χ1v) is 8.24. The summed E-state index contributed by atoms with van der Waals surface area (Å²) < 4.78 is 16.0. The molecule has 0 saturated heterocycles. The van der Waals surface area contributed by atoms with E-state index in [9.17, 15) is 0 Å². The third kappa shape index (κ3) is 7.85. The average molecular weight is 264 g/mol. The Kier molecular flexibility index (Phi) is 11.1. The quantitative estimate of drug-likeness (QED) is 0.406. The summed E-state index contributed by atoms with van der Waals surface area (Å²) in [6.07, 6.45) is 4.80. The highest BCUT2D eigenvalue weighted by Gasteiger charge is 2.36. The second-order valence-corrected chi connectivity index (χ2v) is 7.09. The van der Waals surface area contributed by atoms with Gasteiger partial charge in [0.2, 0.25) is 0 Å². The lowest BCUT2D eigenvalue weighted by atomic mass is 10.2. The summed E-state index contributed by atoms with van der Waals surface area (Å²) in [6.45, 7) is 2.71. The summed E-state index contributed by atoms with van der Waals surface area (Å²) >= 11 is 0. The molecular formula is C11H28N2O3Si. The molecule has 0 aliphatic carbocycles. The van der Waals surface area contributed by atoms with E-state index in [1.165, 1.54) is 19.3 Å². The Hall–Kier alpha value is 0.0169. The molecule has 0 aromatic carbocycles. The van der Waals surface area contributed by atoms with Gasteiger partial charge in [-0.05, 0) is 32.5 Å². The molecule has 0 unspecified atom stereocenters. The molecule has 0 aromatic rings. The van der Waals surface area contributed by atoms with Crippen molar-refractivity contribution < 1.29 is 13.3 Å². The Morgan fingerprint density at radius 1 is 0.882 bits per heavy atom. The molecule has 0 amide bonds. The first-order chi connectivity index (χ1) is 8.24. The summed E-state index contributed by atoms with van der Waals surface area (Å²) in [5, 5.41) is 3.38. The number of nitrogens with one attached hydrogen (secondary N) is 1. The first-order valence-electron chi connectivity index (χ1n) is 6.31. The third-order valence-electron chi connectivity index (χ3n) is 2.85. The van der Waals surface area contributed by atoms with Crippen LogP contribution in [0.2, 0.25) is 6.04 Å². The van der Waals surface area contributed by atoms with E-state index < -0.39 is 8.80 Å². The van der Waals surface area contributed by atoms with Crippen LogP contribution in [-0.4, -0.2) is 49.8 Å². The normalized spacial score (nSPS) is 12.0. The van der Waals surface area contributed by atoms with Crippen molar-refractivity contribution in [2.75, 3.05) is 41.0 Å². The van der Waals surface area contributed by atoms with E-state index in [0.29, 0.717) is 0 Å². The van der Waals surface area contributed by atoms with Crippen LogP contribution in [0.25, 0.3) is 0 Å². The molecule has 104 valence electrons. The molecule has 0 radical (unpaired) electrons. The number of nitrogens with two attached hydrogens (primary N) is 1. The van der Waals surface area contributed by atoms with Gasteiger partial charge >= 0.3 is 8.80 Å².